The maximum Gasteiger partial charge on any atom is 0.323 e. The van der Waals surface area contributed by atoms with E-state index in [0.717, 1.165) is 11.1 Å². The van der Waals surface area contributed by atoms with Crippen molar-refractivity contribution >= 4 is 29.2 Å². The summed E-state index contributed by atoms with van der Waals surface area (Å²) in [4.78, 5) is 20.2. The van der Waals surface area contributed by atoms with Crippen molar-refractivity contribution in [2.24, 2.45) is 0 Å². The van der Waals surface area contributed by atoms with Gasteiger partial charge in [0.2, 0.25) is 5.95 Å². The molecule has 0 saturated carbocycles. The van der Waals surface area contributed by atoms with Gasteiger partial charge in [0, 0.05) is 17.4 Å². The van der Waals surface area contributed by atoms with Crippen molar-refractivity contribution in [2.45, 2.75) is 26.7 Å². The number of urea groups is 1. The molecule has 2 amide bonds. The minimum absolute atomic E-state index is 0.0720. The molecule has 0 unspecified atom stereocenters. The normalized spacial score (nSPS) is 10.6. The monoisotopic (exact) mass is 392 g/mol. The van der Waals surface area contributed by atoms with Gasteiger partial charge in [-0.15, -0.1) is 0 Å². The highest BCUT2D eigenvalue weighted by molar-refractivity contribution is 6.00. The number of carbonyl (C=O) groups is 1. The third-order valence-electron chi connectivity index (χ3n) is 4.28. The fourth-order valence-corrected chi connectivity index (χ4v) is 2.79. The number of carbonyl (C=O) groups excluding carboxylic acids is 1. The van der Waals surface area contributed by atoms with Gasteiger partial charge >= 0.3 is 6.03 Å². The molecule has 0 bridgehead atoms. The smallest absolute Gasteiger partial charge is 0.323 e. The molecule has 8 nitrogen and oxygen atoms in total. The number of benzene rings is 2. The lowest BCUT2D eigenvalue weighted by molar-refractivity contribution is 0.262. The zero-order valence-corrected chi connectivity index (χ0v) is 16.6. The number of hydrogen-bond acceptors (Lipinski definition) is 6. The Morgan fingerprint density at radius 2 is 1.79 bits per heavy atom. The molecule has 1 aromatic heterocycles. The molecule has 6 N–H and O–H groups in total. The average molecular weight is 392 g/mol. The number of anilines is 4. The zero-order chi connectivity index (χ0) is 21.0. The van der Waals surface area contributed by atoms with Crippen LogP contribution in [0.2, 0.25) is 0 Å². The van der Waals surface area contributed by atoms with Gasteiger partial charge in [-0.3, -0.25) is 0 Å². The summed E-state index contributed by atoms with van der Waals surface area (Å²) >= 11 is 0. The molecule has 3 rings (SSSR count). The minimum Gasteiger partial charge on any atom is -0.451 e. The topological polar surface area (TPSA) is 128 Å². The summed E-state index contributed by atoms with van der Waals surface area (Å²) in [5.74, 6) is 1.25. The molecule has 2 aromatic carbocycles. The number of nitrogens with two attached hydrogens (primary N) is 2. The molecular formula is C21H24N6O2. The second-order valence-corrected chi connectivity index (χ2v) is 6.88. The first-order chi connectivity index (χ1) is 13.8. The second kappa shape index (κ2) is 8.47. The van der Waals surface area contributed by atoms with Crippen LogP contribution in [-0.2, 0) is 0 Å². The van der Waals surface area contributed by atoms with Gasteiger partial charge in [-0.05, 0) is 36.1 Å². The summed E-state index contributed by atoms with van der Waals surface area (Å²) in [7, 11) is 0. The van der Waals surface area contributed by atoms with Crippen molar-refractivity contribution in [3.05, 3.63) is 59.8 Å². The third-order valence-corrected chi connectivity index (χ3v) is 4.28. The number of rotatable bonds is 5. The van der Waals surface area contributed by atoms with Crippen molar-refractivity contribution in [2.75, 3.05) is 22.1 Å². The Bertz CT molecular complexity index is 1020. The molecule has 0 aliphatic carbocycles. The molecule has 1 heterocycles. The Hall–Kier alpha value is -3.81. The number of nitrogens with one attached hydrogen (secondary N) is 2. The van der Waals surface area contributed by atoms with E-state index in [1.165, 1.54) is 6.20 Å². The standard InChI is InChI=1S/C21H24N6O2/c1-12(2)15-9-13(3)16(26-21(28)25-14-7-5-4-6-8-14)10-17(15)29-18-11-24-20(23)27-19(18)22/h4-12H,1-3H3,(H2,25,26,28)(H4,22,23,24,27). The first kappa shape index (κ1) is 19.9. The van der Waals surface area contributed by atoms with E-state index in [-0.39, 0.29) is 23.7 Å². The Labute approximate surface area is 169 Å². The van der Waals surface area contributed by atoms with E-state index in [1.54, 1.807) is 6.07 Å². The summed E-state index contributed by atoms with van der Waals surface area (Å²) in [6.45, 7) is 6.04. The van der Waals surface area contributed by atoms with Gasteiger partial charge in [0.15, 0.2) is 11.6 Å². The van der Waals surface area contributed by atoms with Gasteiger partial charge in [-0.1, -0.05) is 38.1 Å². The number of nitrogen functional groups attached to an aromatic ring is 2. The first-order valence-corrected chi connectivity index (χ1v) is 9.17. The van der Waals surface area contributed by atoms with Crippen LogP contribution in [0.4, 0.5) is 27.9 Å². The van der Waals surface area contributed by atoms with Crippen LogP contribution in [0.15, 0.2) is 48.7 Å². The van der Waals surface area contributed by atoms with Crippen molar-refractivity contribution < 1.29 is 9.53 Å². The number of aryl methyl sites for hydroxylation is 1. The van der Waals surface area contributed by atoms with Gasteiger partial charge in [0.05, 0.1) is 6.20 Å². The average Bonchev–Trinajstić information content (AvgIpc) is 2.66. The van der Waals surface area contributed by atoms with E-state index in [4.69, 9.17) is 16.2 Å². The Morgan fingerprint density at radius 3 is 2.45 bits per heavy atom. The number of para-hydroxylation sites is 1. The highest BCUT2D eigenvalue weighted by Gasteiger charge is 2.16. The van der Waals surface area contributed by atoms with E-state index >= 15 is 0 Å². The third kappa shape index (κ3) is 4.92. The van der Waals surface area contributed by atoms with Crippen LogP contribution in [0, 0.1) is 6.92 Å². The summed E-state index contributed by atoms with van der Waals surface area (Å²) < 4.78 is 5.97. The van der Waals surface area contributed by atoms with Crippen molar-refractivity contribution in [3.8, 4) is 11.5 Å². The lowest BCUT2D eigenvalue weighted by Gasteiger charge is -2.18. The minimum atomic E-state index is -0.349. The van der Waals surface area contributed by atoms with E-state index in [2.05, 4.69) is 34.4 Å². The molecular weight excluding hydrogens is 368 g/mol. The number of hydrogen-bond donors (Lipinski definition) is 4. The number of aromatic nitrogens is 2. The van der Waals surface area contributed by atoms with Crippen molar-refractivity contribution in [1.29, 1.82) is 0 Å². The number of ether oxygens (including phenoxy) is 1. The van der Waals surface area contributed by atoms with Gasteiger partial charge in [0.1, 0.15) is 5.75 Å². The molecule has 0 atom stereocenters. The summed E-state index contributed by atoms with van der Waals surface area (Å²) in [6.07, 6.45) is 1.43. The fraction of sp³-hybridized carbons (Fsp3) is 0.190. The summed E-state index contributed by atoms with van der Waals surface area (Å²) in [5, 5.41) is 5.66. The number of nitrogens with zero attached hydrogens (tertiary/aromatic N) is 2. The van der Waals surface area contributed by atoms with E-state index < -0.39 is 0 Å². The molecule has 0 radical (unpaired) electrons. The largest absolute Gasteiger partial charge is 0.451 e. The highest BCUT2D eigenvalue weighted by atomic mass is 16.5. The van der Waals surface area contributed by atoms with Crippen LogP contribution in [0.5, 0.6) is 11.5 Å². The van der Waals surface area contributed by atoms with Gasteiger partial charge < -0.3 is 26.8 Å². The molecule has 8 heteroatoms. The van der Waals surface area contributed by atoms with Crippen LogP contribution in [0.1, 0.15) is 30.9 Å². The molecule has 0 saturated heterocycles. The molecule has 0 fully saturated rings. The Morgan fingerprint density at radius 1 is 1.07 bits per heavy atom. The lowest BCUT2D eigenvalue weighted by Crippen LogP contribution is -2.20. The van der Waals surface area contributed by atoms with E-state index in [0.29, 0.717) is 22.9 Å². The van der Waals surface area contributed by atoms with Gasteiger partial charge in [-0.2, -0.15) is 4.98 Å². The van der Waals surface area contributed by atoms with Crippen LogP contribution in [0.3, 0.4) is 0 Å². The van der Waals surface area contributed by atoms with Crippen LogP contribution in [-0.4, -0.2) is 16.0 Å². The van der Waals surface area contributed by atoms with Crippen molar-refractivity contribution in [1.82, 2.24) is 9.97 Å². The number of amides is 2. The van der Waals surface area contributed by atoms with Gasteiger partial charge in [-0.25, -0.2) is 9.78 Å². The molecule has 0 spiro atoms. The maximum absolute atomic E-state index is 12.4. The molecule has 0 aliphatic rings. The van der Waals surface area contributed by atoms with E-state index in [1.807, 2.05) is 43.3 Å². The lowest BCUT2D eigenvalue weighted by atomic mass is 9.98. The van der Waals surface area contributed by atoms with Gasteiger partial charge in [0.25, 0.3) is 0 Å². The van der Waals surface area contributed by atoms with Crippen LogP contribution >= 0.6 is 0 Å². The predicted molar refractivity (Wildman–Crippen MR) is 115 cm³/mol. The second-order valence-electron chi connectivity index (χ2n) is 6.88. The first-order valence-electron chi connectivity index (χ1n) is 9.17. The fourth-order valence-electron chi connectivity index (χ4n) is 2.79. The quantitative estimate of drug-likeness (QED) is 0.506. The highest BCUT2D eigenvalue weighted by Crippen LogP contribution is 2.36. The summed E-state index contributed by atoms with van der Waals surface area (Å²) in [5.41, 5.74) is 14.6. The Balaban J connectivity index is 1.88. The predicted octanol–water partition coefficient (Wildman–Crippen LogP) is 4.51. The molecule has 3 aromatic rings. The SMILES string of the molecule is Cc1cc(C(C)C)c(Oc2cnc(N)nc2N)cc1NC(=O)Nc1ccccc1. The molecule has 29 heavy (non-hydrogen) atoms. The molecule has 0 aliphatic heterocycles. The maximum atomic E-state index is 12.4. The van der Waals surface area contributed by atoms with Crippen molar-refractivity contribution in [3.63, 3.8) is 0 Å². The summed E-state index contributed by atoms with van der Waals surface area (Å²) in [6, 6.07) is 12.6. The zero-order valence-electron chi connectivity index (χ0n) is 16.6. The molecule has 150 valence electrons. The van der Waals surface area contributed by atoms with Crippen LogP contribution in [0.25, 0.3) is 0 Å². The van der Waals surface area contributed by atoms with Crippen LogP contribution < -0.4 is 26.8 Å². The Kier molecular flexibility index (Phi) is 5.82. The van der Waals surface area contributed by atoms with E-state index in [9.17, 15) is 4.79 Å².